The Labute approximate surface area is 182 Å². The molecule has 1 spiro atoms. The number of nitrogens with zero attached hydrogens (tertiary/aromatic N) is 2. The molecule has 5 rings (SSSR count). The molecule has 3 N–H and O–H groups in total. The van der Waals surface area contributed by atoms with Crippen molar-refractivity contribution in [2.75, 3.05) is 26.3 Å². The molecule has 0 aromatic heterocycles. The number of carbonyl (C=O) groups is 3. The van der Waals surface area contributed by atoms with E-state index in [0.29, 0.717) is 31.0 Å². The van der Waals surface area contributed by atoms with Gasteiger partial charge in [0.2, 0.25) is 11.8 Å². The molecule has 8 nitrogen and oxygen atoms in total. The second-order valence-corrected chi connectivity index (χ2v) is 9.37. The van der Waals surface area contributed by atoms with Gasteiger partial charge in [-0.3, -0.25) is 24.6 Å². The minimum atomic E-state index is -0.583. The van der Waals surface area contributed by atoms with E-state index < -0.39 is 6.04 Å². The van der Waals surface area contributed by atoms with Crippen molar-refractivity contribution in [1.82, 2.24) is 15.1 Å². The van der Waals surface area contributed by atoms with Crippen LogP contribution in [0.25, 0.3) is 0 Å². The van der Waals surface area contributed by atoms with Gasteiger partial charge in [-0.2, -0.15) is 0 Å². The summed E-state index contributed by atoms with van der Waals surface area (Å²) < 4.78 is 5.64. The summed E-state index contributed by atoms with van der Waals surface area (Å²) in [5, 5.41) is 2.37. The number of piperidine rings is 1. The van der Waals surface area contributed by atoms with E-state index in [4.69, 9.17) is 10.5 Å². The van der Waals surface area contributed by atoms with Crippen molar-refractivity contribution in [1.29, 1.82) is 0 Å². The second kappa shape index (κ2) is 8.00. The molecule has 0 aliphatic carbocycles. The highest BCUT2D eigenvalue weighted by Gasteiger charge is 2.46. The summed E-state index contributed by atoms with van der Waals surface area (Å²) in [6.07, 6.45) is 3.78. The third kappa shape index (κ3) is 3.56. The molecule has 4 aliphatic heterocycles. The first-order chi connectivity index (χ1) is 15.0. The second-order valence-electron chi connectivity index (χ2n) is 9.37. The third-order valence-electron chi connectivity index (χ3n) is 7.62. The van der Waals surface area contributed by atoms with Crippen molar-refractivity contribution in [2.45, 2.75) is 56.8 Å². The maximum atomic E-state index is 13.1. The van der Waals surface area contributed by atoms with Gasteiger partial charge in [-0.15, -0.1) is 0 Å². The number of carbonyl (C=O) groups excluding carboxylic acids is 3. The minimum absolute atomic E-state index is 0.117. The zero-order valence-corrected chi connectivity index (χ0v) is 17.8. The molecule has 0 bridgehead atoms. The Hall–Kier alpha value is -2.29. The molecule has 1 aromatic rings. The lowest BCUT2D eigenvalue weighted by Crippen LogP contribution is -2.52. The first kappa shape index (κ1) is 20.6. The molecule has 0 saturated carbocycles. The van der Waals surface area contributed by atoms with Crippen molar-refractivity contribution in [2.24, 2.45) is 11.7 Å². The quantitative estimate of drug-likeness (QED) is 0.690. The van der Waals surface area contributed by atoms with Gasteiger partial charge >= 0.3 is 0 Å². The van der Waals surface area contributed by atoms with Gasteiger partial charge < -0.3 is 15.4 Å². The average molecular weight is 427 g/mol. The van der Waals surface area contributed by atoms with Crippen LogP contribution in [0.5, 0.6) is 0 Å². The smallest absolute Gasteiger partial charge is 0.255 e. The summed E-state index contributed by atoms with van der Waals surface area (Å²) in [5.41, 5.74) is 8.99. The molecule has 31 heavy (non-hydrogen) atoms. The van der Waals surface area contributed by atoms with Crippen molar-refractivity contribution in [3.63, 3.8) is 0 Å². The van der Waals surface area contributed by atoms with Gasteiger partial charge in [-0.1, -0.05) is 12.1 Å². The highest BCUT2D eigenvalue weighted by Crippen LogP contribution is 2.42. The monoisotopic (exact) mass is 426 g/mol. The van der Waals surface area contributed by atoms with Gasteiger partial charge in [0, 0.05) is 50.4 Å². The number of benzene rings is 1. The molecule has 3 saturated heterocycles. The number of amides is 3. The van der Waals surface area contributed by atoms with Crippen molar-refractivity contribution < 1.29 is 19.1 Å². The number of rotatable bonds is 4. The molecular formula is C23H30N4O4. The lowest BCUT2D eigenvalue weighted by molar-refractivity contribution is -0.136. The molecule has 8 heteroatoms. The van der Waals surface area contributed by atoms with Gasteiger partial charge in [0.1, 0.15) is 6.04 Å². The number of ether oxygens (including phenoxy) is 1. The van der Waals surface area contributed by atoms with E-state index in [1.54, 1.807) is 4.90 Å². The highest BCUT2D eigenvalue weighted by molar-refractivity contribution is 6.05. The van der Waals surface area contributed by atoms with Crippen LogP contribution in [0.1, 0.15) is 53.6 Å². The standard InChI is InChI=1S/C23H30N4O4/c24-11-15-10-23(6-8-31-9-7-23)26(12-15)13-16-2-1-3-17-18(16)14-27(22(17)30)19-4-5-20(28)25-21(19)29/h1-3,15,19H,4-14,24H2,(H,25,28,29). The molecule has 3 fully saturated rings. The summed E-state index contributed by atoms with van der Waals surface area (Å²) in [5.74, 6) is -0.272. The van der Waals surface area contributed by atoms with Crippen LogP contribution < -0.4 is 11.1 Å². The molecule has 1 aromatic carbocycles. The number of fused-ring (bicyclic) bond motifs is 1. The summed E-state index contributed by atoms with van der Waals surface area (Å²) in [6, 6.07) is 5.31. The van der Waals surface area contributed by atoms with Crippen LogP contribution in [0.2, 0.25) is 0 Å². The normalized spacial score (nSPS) is 28.3. The van der Waals surface area contributed by atoms with Gasteiger partial charge in [-0.25, -0.2) is 0 Å². The predicted molar refractivity (Wildman–Crippen MR) is 113 cm³/mol. The van der Waals surface area contributed by atoms with Crippen LogP contribution in [0.3, 0.4) is 0 Å². The average Bonchev–Trinajstić information content (AvgIpc) is 3.27. The maximum absolute atomic E-state index is 13.1. The molecule has 0 radical (unpaired) electrons. The Bertz CT molecular complexity index is 911. The Morgan fingerprint density at radius 2 is 2.00 bits per heavy atom. The first-order valence-corrected chi connectivity index (χ1v) is 11.3. The van der Waals surface area contributed by atoms with E-state index in [0.717, 1.165) is 56.7 Å². The van der Waals surface area contributed by atoms with Crippen LogP contribution in [0, 0.1) is 5.92 Å². The predicted octanol–water partition coefficient (Wildman–Crippen LogP) is 0.777. The first-order valence-electron chi connectivity index (χ1n) is 11.3. The Morgan fingerprint density at radius 1 is 1.19 bits per heavy atom. The van der Waals surface area contributed by atoms with Crippen molar-refractivity contribution >= 4 is 17.7 Å². The largest absolute Gasteiger partial charge is 0.381 e. The fraction of sp³-hybridized carbons (Fsp3) is 0.609. The third-order valence-corrected chi connectivity index (χ3v) is 7.62. The number of imide groups is 1. The zero-order chi connectivity index (χ0) is 21.6. The summed E-state index contributed by atoms with van der Waals surface area (Å²) in [6.45, 7) is 4.40. The van der Waals surface area contributed by atoms with Crippen LogP contribution in [0.15, 0.2) is 18.2 Å². The molecule has 166 valence electrons. The van der Waals surface area contributed by atoms with Crippen molar-refractivity contribution in [3.05, 3.63) is 34.9 Å². The van der Waals surface area contributed by atoms with Crippen LogP contribution in [-0.2, 0) is 27.4 Å². The number of nitrogens with one attached hydrogen (secondary N) is 1. The van der Waals surface area contributed by atoms with E-state index in [-0.39, 0.29) is 29.7 Å². The molecule has 4 aliphatic rings. The summed E-state index contributed by atoms with van der Waals surface area (Å²) in [7, 11) is 0. The van der Waals surface area contributed by atoms with Crippen LogP contribution in [0.4, 0.5) is 0 Å². The number of hydrogen-bond donors (Lipinski definition) is 2. The molecule has 4 heterocycles. The number of likely N-dealkylation sites (tertiary alicyclic amines) is 1. The van der Waals surface area contributed by atoms with Gasteiger partial charge in [-0.05, 0) is 55.3 Å². The lowest BCUT2D eigenvalue weighted by atomic mass is 9.84. The Kier molecular flexibility index (Phi) is 5.32. The fourth-order valence-electron chi connectivity index (χ4n) is 5.90. The van der Waals surface area contributed by atoms with Crippen LogP contribution in [-0.4, -0.2) is 65.4 Å². The number of nitrogens with two attached hydrogens (primary N) is 1. The lowest BCUT2D eigenvalue weighted by Gasteiger charge is -2.41. The van der Waals surface area contributed by atoms with Crippen molar-refractivity contribution in [3.8, 4) is 0 Å². The van der Waals surface area contributed by atoms with Gasteiger partial charge in [0.15, 0.2) is 0 Å². The van der Waals surface area contributed by atoms with Crippen LogP contribution >= 0.6 is 0 Å². The van der Waals surface area contributed by atoms with E-state index in [1.165, 1.54) is 0 Å². The zero-order valence-electron chi connectivity index (χ0n) is 17.8. The van der Waals surface area contributed by atoms with E-state index in [2.05, 4.69) is 16.3 Å². The summed E-state index contributed by atoms with van der Waals surface area (Å²) >= 11 is 0. The SMILES string of the molecule is NCC1CN(Cc2cccc3c2CN(C2CCC(=O)NC2=O)C3=O)C2(CCOCC2)C1. The van der Waals surface area contributed by atoms with Gasteiger partial charge in [0.05, 0.1) is 0 Å². The van der Waals surface area contributed by atoms with E-state index >= 15 is 0 Å². The maximum Gasteiger partial charge on any atom is 0.255 e. The minimum Gasteiger partial charge on any atom is -0.381 e. The Balaban J connectivity index is 1.39. The van der Waals surface area contributed by atoms with E-state index in [1.807, 2.05) is 12.1 Å². The topological polar surface area (TPSA) is 105 Å². The molecular weight excluding hydrogens is 396 g/mol. The van der Waals surface area contributed by atoms with E-state index in [9.17, 15) is 14.4 Å². The Morgan fingerprint density at radius 3 is 2.74 bits per heavy atom. The fourth-order valence-corrected chi connectivity index (χ4v) is 5.90. The molecule has 3 amide bonds. The van der Waals surface area contributed by atoms with Gasteiger partial charge in [0.25, 0.3) is 5.91 Å². The highest BCUT2D eigenvalue weighted by atomic mass is 16.5. The molecule has 2 unspecified atom stereocenters. The summed E-state index contributed by atoms with van der Waals surface area (Å²) in [4.78, 5) is 41.2. The molecule has 2 atom stereocenters. The number of hydrogen-bond acceptors (Lipinski definition) is 6.